The third kappa shape index (κ3) is 5.59. The molecular weight excluding hydrogens is 537 g/mol. The maximum absolute atomic E-state index is 13.3. The molecule has 0 aliphatic carbocycles. The van der Waals surface area contributed by atoms with E-state index >= 15 is 0 Å². The van der Waals surface area contributed by atoms with Crippen LogP contribution in [0.3, 0.4) is 0 Å². The minimum Gasteiger partial charge on any atom is -0.348 e. The summed E-state index contributed by atoms with van der Waals surface area (Å²) in [5, 5.41) is 5.60. The molecule has 2 unspecified atom stereocenters. The number of aromatic nitrogens is 1. The molecule has 3 rings (SSSR count). The van der Waals surface area contributed by atoms with Crippen LogP contribution in [0.15, 0.2) is 22.0 Å². The summed E-state index contributed by atoms with van der Waals surface area (Å²) in [5.41, 5.74) is 0.985. The summed E-state index contributed by atoms with van der Waals surface area (Å²) in [6.45, 7) is 1.93. The number of carbonyl (C=O) groups excluding carboxylic acids is 2. The van der Waals surface area contributed by atoms with Crippen LogP contribution < -0.4 is 15.4 Å². The molecule has 2 atom stereocenters. The third-order valence-electron chi connectivity index (χ3n) is 4.57. The van der Waals surface area contributed by atoms with Crippen molar-refractivity contribution in [2.45, 2.75) is 32.0 Å². The van der Waals surface area contributed by atoms with Gasteiger partial charge in [-0.05, 0) is 47.5 Å². The molecule has 2 amide bonds. The number of likely N-dealkylation sites (N-methyl/N-ethyl adjacent to an activating group) is 1. The van der Waals surface area contributed by atoms with Crippen molar-refractivity contribution in [1.82, 2.24) is 19.3 Å². The van der Waals surface area contributed by atoms with Crippen molar-refractivity contribution in [2.75, 3.05) is 12.4 Å². The molecule has 0 saturated carbocycles. The molecule has 31 heavy (non-hydrogen) atoms. The number of amides is 2. The number of aryl methyl sites for hydroxylation is 1. The van der Waals surface area contributed by atoms with Gasteiger partial charge in [-0.2, -0.15) is 17.4 Å². The van der Waals surface area contributed by atoms with Crippen LogP contribution in [-0.4, -0.2) is 48.7 Å². The van der Waals surface area contributed by atoms with E-state index in [-0.39, 0.29) is 23.7 Å². The SMILES string of the molecule is Cc1nc(CNC(=O)C2CC(C(=O)Nc3ccc(F)c(Cl)c3)N(C)S(=O)(=O)N2)sc1Br. The van der Waals surface area contributed by atoms with Gasteiger partial charge in [-0.3, -0.25) is 9.59 Å². The summed E-state index contributed by atoms with van der Waals surface area (Å²) in [4.78, 5) is 29.6. The molecule has 1 fully saturated rings. The van der Waals surface area contributed by atoms with E-state index in [1.54, 1.807) is 0 Å². The van der Waals surface area contributed by atoms with Crippen LogP contribution in [0.2, 0.25) is 5.02 Å². The number of nitrogens with one attached hydrogen (secondary N) is 3. The lowest BCUT2D eigenvalue weighted by atomic mass is 10.1. The van der Waals surface area contributed by atoms with Gasteiger partial charge in [-0.1, -0.05) is 11.6 Å². The number of rotatable bonds is 5. The van der Waals surface area contributed by atoms with E-state index in [1.165, 1.54) is 30.5 Å². The normalized spacial score (nSPS) is 20.9. The van der Waals surface area contributed by atoms with Crippen molar-refractivity contribution in [1.29, 1.82) is 0 Å². The molecule has 0 radical (unpaired) electrons. The van der Waals surface area contributed by atoms with Gasteiger partial charge in [0.05, 0.1) is 21.0 Å². The fraction of sp³-hybridized carbons (Fsp3) is 0.353. The van der Waals surface area contributed by atoms with E-state index in [9.17, 15) is 22.4 Å². The lowest BCUT2D eigenvalue weighted by Crippen LogP contribution is -2.62. The zero-order valence-electron chi connectivity index (χ0n) is 16.3. The Morgan fingerprint density at radius 3 is 2.74 bits per heavy atom. The van der Waals surface area contributed by atoms with Gasteiger partial charge < -0.3 is 10.6 Å². The van der Waals surface area contributed by atoms with Crippen LogP contribution in [0.25, 0.3) is 0 Å². The van der Waals surface area contributed by atoms with Crippen LogP contribution in [0, 0.1) is 12.7 Å². The number of carbonyl (C=O) groups is 2. The zero-order valence-corrected chi connectivity index (χ0v) is 20.3. The average molecular weight is 555 g/mol. The molecule has 1 aromatic heterocycles. The molecule has 1 saturated heterocycles. The Morgan fingerprint density at radius 1 is 1.42 bits per heavy atom. The van der Waals surface area contributed by atoms with E-state index in [0.29, 0.717) is 5.01 Å². The van der Waals surface area contributed by atoms with Gasteiger partial charge in [-0.15, -0.1) is 11.3 Å². The maximum Gasteiger partial charge on any atom is 0.280 e. The average Bonchev–Trinajstić information content (AvgIpc) is 3.02. The second-order valence-corrected chi connectivity index (χ2v) is 11.3. The lowest BCUT2D eigenvalue weighted by molar-refractivity contribution is -0.124. The lowest BCUT2D eigenvalue weighted by Gasteiger charge is -2.35. The third-order valence-corrected chi connectivity index (χ3v) is 8.46. The van der Waals surface area contributed by atoms with Crippen molar-refractivity contribution in [2.24, 2.45) is 0 Å². The van der Waals surface area contributed by atoms with E-state index in [2.05, 4.69) is 36.3 Å². The smallest absolute Gasteiger partial charge is 0.280 e. The summed E-state index contributed by atoms with van der Waals surface area (Å²) >= 11 is 10.4. The van der Waals surface area contributed by atoms with E-state index in [0.717, 1.165) is 19.9 Å². The molecule has 2 heterocycles. The fourth-order valence-electron chi connectivity index (χ4n) is 2.88. The maximum atomic E-state index is 13.3. The first-order valence-electron chi connectivity index (χ1n) is 8.88. The highest BCUT2D eigenvalue weighted by molar-refractivity contribution is 9.11. The van der Waals surface area contributed by atoms with E-state index in [1.807, 2.05) is 6.92 Å². The molecule has 0 spiro atoms. The molecule has 1 aliphatic rings. The topological polar surface area (TPSA) is 120 Å². The second-order valence-electron chi connectivity index (χ2n) is 6.75. The van der Waals surface area contributed by atoms with Crippen LogP contribution in [0.1, 0.15) is 17.1 Å². The summed E-state index contributed by atoms with van der Waals surface area (Å²) < 4.78 is 42.2. The summed E-state index contributed by atoms with van der Waals surface area (Å²) in [6.07, 6.45) is -0.108. The monoisotopic (exact) mass is 553 g/mol. The Bertz CT molecular complexity index is 1110. The quantitative estimate of drug-likeness (QED) is 0.523. The Morgan fingerprint density at radius 2 is 2.13 bits per heavy atom. The molecule has 2 aromatic rings. The van der Waals surface area contributed by atoms with Gasteiger partial charge in [0.2, 0.25) is 11.8 Å². The van der Waals surface area contributed by atoms with Crippen molar-refractivity contribution in [3.63, 3.8) is 0 Å². The number of thiazole rings is 1. The van der Waals surface area contributed by atoms with Crippen LogP contribution in [0.4, 0.5) is 10.1 Å². The molecule has 9 nitrogen and oxygen atoms in total. The van der Waals surface area contributed by atoms with Gasteiger partial charge >= 0.3 is 0 Å². The summed E-state index contributed by atoms with van der Waals surface area (Å²) in [6, 6.07) is 1.27. The van der Waals surface area contributed by atoms with E-state index < -0.39 is 39.9 Å². The number of hydrogen-bond donors (Lipinski definition) is 3. The number of hydrogen-bond acceptors (Lipinski definition) is 6. The highest BCUT2D eigenvalue weighted by Crippen LogP contribution is 2.25. The fourth-order valence-corrected chi connectivity index (χ4v) is 5.68. The predicted octanol–water partition coefficient (Wildman–Crippen LogP) is 2.17. The number of benzene rings is 1. The number of anilines is 1. The molecule has 0 bridgehead atoms. The molecule has 168 valence electrons. The Kier molecular flexibility index (Phi) is 7.33. The van der Waals surface area contributed by atoms with Crippen molar-refractivity contribution >= 4 is 66.6 Å². The number of nitrogens with zero attached hydrogens (tertiary/aromatic N) is 2. The molecule has 1 aromatic carbocycles. The summed E-state index contributed by atoms with van der Waals surface area (Å²) in [5.74, 6) is -1.91. The van der Waals surface area contributed by atoms with Gasteiger partial charge in [0.25, 0.3) is 10.2 Å². The van der Waals surface area contributed by atoms with Crippen LogP contribution in [-0.2, 0) is 26.3 Å². The van der Waals surface area contributed by atoms with Gasteiger partial charge in [-0.25, -0.2) is 9.37 Å². The molecule has 1 aliphatic heterocycles. The van der Waals surface area contributed by atoms with Gasteiger partial charge in [0.1, 0.15) is 22.9 Å². The second kappa shape index (κ2) is 9.46. The van der Waals surface area contributed by atoms with Crippen LogP contribution in [0.5, 0.6) is 0 Å². The Labute approximate surface area is 195 Å². The first-order valence-corrected chi connectivity index (χ1v) is 12.3. The van der Waals surface area contributed by atoms with Gasteiger partial charge in [0, 0.05) is 12.7 Å². The first-order chi connectivity index (χ1) is 14.5. The molecular formula is C17H18BrClFN5O4S2. The molecule has 14 heteroatoms. The van der Waals surface area contributed by atoms with Crippen molar-refractivity contribution in [3.8, 4) is 0 Å². The first kappa shape index (κ1) is 24.0. The van der Waals surface area contributed by atoms with Crippen LogP contribution >= 0.6 is 38.9 Å². The van der Waals surface area contributed by atoms with Gasteiger partial charge in [0.15, 0.2) is 0 Å². The largest absolute Gasteiger partial charge is 0.348 e. The van der Waals surface area contributed by atoms with E-state index in [4.69, 9.17) is 11.6 Å². The Hall–Kier alpha value is -1.64. The predicted molar refractivity (Wildman–Crippen MR) is 118 cm³/mol. The highest BCUT2D eigenvalue weighted by Gasteiger charge is 2.42. The number of halogens is 3. The standard InChI is InChI=1S/C17H18BrClFN5O4S2/c1-8-15(18)30-14(22-8)7-21-16(26)12-6-13(25(2)31(28,29)24-12)17(27)23-9-3-4-11(20)10(19)5-9/h3-5,12-13,24H,6-7H2,1-2H3,(H,21,26)(H,23,27). The van der Waals surface area contributed by atoms with Crippen molar-refractivity contribution in [3.05, 3.63) is 43.5 Å². The molecule has 3 N–H and O–H groups in total. The Balaban J connectivity index is 1.70. The summed E-state index contributed by atoms with van der Waals surface area (Å²) in [7, 11) is -2.86. The zero-order chi connectivity index (χ0) is 22.9. The minimum atomic E-state index is -4.09. The highest BCUT2D eigenvalue weighted by atomic mass is 79.9. The van der Waals surface area contributed by atoms with Crippen molar-refractivity contribution < 1.29 is 22.4 Å². The minimum absolute atomic E-state index is 0.108.